The molecule has 0 unspecified atom stereocenters. The first-order valence-electron chi connectivity index (χ1n) is 11.6. The topological polar surface area (TPSA) is 7.12 Å². The van der Waals surface area contributed by atoms with Crippen molar-refractivity contribution in [3.63, 3.8) is 0 Å². The third kappa shape index (κ3) is 3.89. The molecule has 0 spiro atoms. The monoisotopic (exact) mass is 429 g/mol. The molecule has 0 aromatic heterocycles. The molecule has 2 aromatic rings. The van der Waals surface area contributed by atoms with Gasteiger partial charge in [-0.2, -0.15) is 4.57 Å². The van der Waals surface area contributed by atoms with Gasteiger partial charge in [0, 0.05) is 43.9 Å². The molecule has 0 fully saturated rings. The number of likely N-dealkylation sites (N-methyl/N-ethyl adjacent to an activating group) is 1. The standard InChI is InChI=1S/C31H29N2/c1-4-32-27(20-19-26-12-8-9-16-31(26)32)15-10-11-25-17-21-29-23(2)33(24(3)30(29)22-18-25)28-13-6-5-7-14-28/h5-22H,4H2,1-3H3/q+1. The maximum Gasteiger partial charge on any atom is 0.211 e. The lowest BCUT2D eigenvalue weighted by molar-refractivity contribution is -0.604. The van der Waals surface area contributed by atoms with Gasteiger partial charge in [0.2, 0.25) is 5.69 Å². The van der Waals surface area contributed by atoms with Gasteiger partial charge in [0.25, 0.3) is 0 Å². The number of hydrogen-bond donors (Lipinski definition) is 0. The van der Waals surface area contributed by atoms with Crippen molar-refractivity contribution in [1.82, 2.24) is 0 Å². The Morgan fingerprint density at radius 2 is 1.42 bits per heavy atom. The van der Waals surface area contributed by atoms with Crippen LogP contribution in [0.2, 0.25) is 0 Å². The predicted octanol–water partition coefficient (Wildman–Crippen LogP) is 7.14. The lowest BCUT2D eigenvalue weighted by Crippen LogP contribution is -2.34. The van der Waals surface area contributed by atoms with Crippen molar-refractivity contribution in [2.45, 2.75) is 20.8 Å². The first kappa shape index (κ1) is 21.0. The summed E-state index contributed by atoms with van der Waals surface area (Å²) in [6.07, 6.45) is 10.9. The van der Waals surface area contributed by atoms with E-state index in [4.69, 9.17) is 0 Å². The second-order valence-corrected chi connectivity index (χ2v) is 8.42. The Labute approximate surface area is 196 Å². The van der Waals surface area contributed by atoms with Crippen LogP contribution in [0.5, 0.6) is 0 Å². The van der Waals surface area contributed by atoms with Gasteiger partial charge in [-0.15, -0.1) is 0 Å². The molecule has 2 nitrogen and oxygen atoms in total. The van der Waals surface area contributed by atoms with E-state index < -0.39 is 0 Å². The van der Waals surface area contributed by atoms with Crippen molar-refractivity contribution in [3.8, 4) is 16.8 Å². The molecule has 2 heteroatoms. The summed E-state index contributed by atoms with van der Waals surface area (Å²) >= 11 is 0. The first-order valence-corrected chi connectivity index (χ1v) is 11.6. The third-order valence-electron chi connectivity index (χ3n) is 6.48. The zero-order valence-corrected chi connectivity index (χ0v) is 19.5. The zero-order valence-electron chi connectivity index (χ0n) is 19.5. The van der Waals surface area contributed by atoms with Crippen molar-refractivity contribution in [2.75, 3.05) is 11.4 Å². The summed E-state index contributed by atoms with van der Waals surface area (Å²) in [5.74, 6) is 0. The quantitative estimate of drug-likeness (QED) is 0.313. The third-order valence-corrected chi connectivity index (χ3v) is 6.48. The first-order chi connectivity index (χ1) is 16.2. The Morgan fingerprint density at radius 3 is 2.12 bits per heavy atom. The molecule has 162 valence electrons. The van der Waals surface area contributed by atoms with E-state index in [9.17, 15) is 0 Å². The predicted molar refractivity (Wildman–Crippen MR) is 140 cm³/mol. The Balaban J connectivity index is 1.45. The van der Waals surface area contributed by atoms with Crippen molar-refractivity contribution in [3.05, 3.63) is 125 Å². The lowest BCUT2D eigenvalue weighted by atomic mass is 10.1. The second kappa shape index (κ2) is 8.91. The molecule has 0 saturated carbocycles. The summed E-state index contributed by atoms with van der Waals surface area (Å²) in [7, 11) is 0. The molecule has 5 rings (SSSR count). The molecule has 2 aromatic carbocycles. The molecular formula is C31H29N2+. The van der Waals surface area contributed by atoms with Gasteiger partial charge < -0.3 is 4.90 Å². The lowest BCUT2D eigenvalue weighted by Gasteiger charge is -2.29. The number of anilines is 1. The fraction of sp³-hybridized carbons (Fsp3) is 0.129. The van der Waals surface area contributed by atoms with E-state index in [1.165, 1.54) is 50.7 Å². The van der Waals surface area contributed by atoms with E-state index in [0.717, 1.165) is 6.54 Å². The van der Waals surface area contributed by atoms with Gasteiger partial charge in [0.15, 0.2) is 11.4 Å². The summed E-state index contributed by atoms with van der Waals surface area (Å²) in [4.78, 5) is 2.36. The number of fused-ring (bicyclic) bond motifs is 2. The number of hydrogen-bond acceptors (Lipinski definition) is 1. The van der Waals surface area contributed by atoms with Crippen LogP contribution >= 0.6 is 0 Å². The molecule has 0 N–H and O–H groups in total. The van der Waals surface area contributed by atoms with Crippen LogP contribution in [0.25, 0.3) is 29.0 Å². The van der Waals surface area contributed by atoms with Crippen molar-refractivity contribution in [1.29, 1.82) is 0 Å². The van der Waals surface area contributed by atoms with Gasteiger partial charge in [-0.3, -0.25) is 0 Å². The van der Waals surface area contributed by atoms with Crippen LogP contribution in [0, 0.1) is 13.8 Å². The SMILES string of the molecule is CCN1/C(=C/C=C/c2ccc3c(C)[n+](-c4ccccc4)c(C)c-3cc2)C=Cc2ccccc21. The Morgan fingerprint density at radius 1 is 0.758 bits per heavy atom. The zero-order chi connectivity index (χ0) is 22.8. The number of allylic oxidation sites excluding steroid dienone is 3. The fourth-order valence-corrected chi connectivity index (χ4v) is 4.83. The summed E-state index contributed by atoms with van der Waals surface area (Å²) < 4.78 is 2.34. The number of nitrogens with zero attached hydrogens (tertiary/aromatic N) is 2. The molecule has 0 amide bonds. The van der Waals surface area contributed by atoms with Crippen molar-refractivity contribution in [2.24, 2.45) is 0 Å². The highest BCUT2D eigenvalue weighted by Crippen LogP contribution is 2.31. The molecule has 1 aliphatic carbocycles. The van der Waals surface area contributed by atoms with Gasteiger partial charge in [-0.25, -0.2) is 0 Å². The van der Waals surface area contributed by atoms with Crippen molar-refractivity contribution >= 4 is 17.8 Å². The van der Waals surface area contributed by atoms with Gasteiger partial charge in [0.05, 0.1) is 11.1 Å². The average molecular weight is 430 g/mol. The summed E-state index contributed by atoms with van der Waals surface area (Å²) in [5.41, 5.74) is 11.3. The highest BCUT2D eigenvalue weighted by atomic mass is 15.1. The minimum atomic E-state index is 0.941. The molecule has 2 aliphatic heterocycles. The van der Waals surface area contributed by atoms with E-state index >= 15 is 0 Å². The Hall–Kier alpha value is -3.91. The van der Waals surface area contributed by atoms with Crippen LogP contribution < -0.4 is 9.47 Å². The van der Waals surface area contributed by atoms with Gasteiger partial charge in [-0.1, -0.05) is 66.8 Å². The highest BCUT2D eigenvalue weighted by molar-refractivity contribution is 5.77. The number of benzene rings is 2. The van der Waals surface area contributed by atoms with Gasteiger partial charge >= 0.3 is 0 Å². The molecule has 2 heterocycles. The molecule has 0 atom stereocenters. The van der Waals surface area contributed by atoms with Crippen LogP contribution in [-0.4, -0.2) is 6.54 Å². The minimum absolute atomic E-state index is 0.941. The summed E-state index contributed by atoms with van der Waals surface area (Å²) in [5, 5.41) is 0. The summed E-state index contributed by atoms with van der Waals surface area (Å²) in [6, 6.07) is 28.1. The van der Waals surface area contributed by atoms with E-state index in [2.05, 4.69) is 139 Å². The van der Waals surface area contributed by atoms with E-state index in [0.29, 0.717) is 0 Å². The van der Waals surface area contributed by atoms with E-state index in [-0.39, 0.29) is 0 Å². The van der Waals surface area contributed by atoms with Crippen LogP contribution in [0.4, 0.5) is 5.69 Å². The molecule has 0 radical (unpaired) electrons. The van der Waals surface area contributed by atoms with E-state index in [1.807, 2.05) is 0 Å². The van der Waals surface area contributed by atoms with Crippen LogP contribution in [0.15, 0.2) is 103 Å². The maximum absolute atomic E-state index is 2.36. The number of para-hydroxylation sites is 2. The number of aromatic nitrogens is 1. The van der Waals surface area contributed by atoms with Gasteiger partial charge in [-0.05, 0) is 48.4 Å². The largest absolute Gasteiger partial charge is 0.341 e. The minimum Gasteiger partial charge on any atom is -0.341 e. The average Bonchev–Trinajstić information content (AvgIpc) is 2.98. The molecule has 0 bridgehead atoms. The molecular weight excluding hydrogens is 400 g/mol. The molecule has 33 heavy (non-hydrogen) atoms. The van der Waals surface area contributed by atoms with E-state index in [1.54, 1.807) is 0 Å². The molecule has 3 aliphatic rings. The Bertz CT molecular complexity index is 1320. The second-order valence-electron chi connectivity index (χ2n) is 8.42. The van der Waals surface area contributed by atoms with Crippen LogP contribution in [0.1, 0.15) is 29.4 Å². The normalized spacial score (nSPS) is 14.4. The molecule has 0 saturated heterocycles. The smallest absolute Gasteiger partial charge is 0.211 e. The van der Waals surface area contributed by atoms with Crippen LogP contribution in [0.3, 0.4) is 0 Å². The number of rotatable bonds is 4. The fourth-order valence-electron chi connectivity index (χ4n) is 4.83. The summed E-state index contributed by atoms with van der Waals surface area (Å²) in [6.45, 7) is 7.54. The Kier molecular flexibility index (Phi) is 5.66. The van der Waals surface area contributed by atoms with Crippen molar-refractivity contribution < 1.29 is 4.57 Å². The highest BCUT2D eigenvalue weighted by Gasteiger charge is 2.26. The maximum atomic E-state index is 2.36. The van der Waals surface area contributed by atoms with Gasteiger partial charge in [0.1, 0.15) is 0 Å². The van der Waals surface area contributed by atoms with Crippen LogP contribution in [-0.2, 0) is 0 Å².